The lowest BCUT2D eigenvalue weighted by atomic mass is 9.98. The van der Waals surface area contributed by atoms with Crippen LogP contribution in [0.25, 0.3) is 0 Å². The van der Waals surface area contributed by atoms with E-state index in [2.05, 4.69) is 29.9 Å². The summed E-state index contributed by atoms with van der Waals surface area (Å²) in [7, 11) is 0. The molecular formula is C26H35F2N7O3. The molecule has 2 aliphatic rings. The van der Waals surface area contributed by atoms with Gasteiger partial charge in [0.25, 0.3) is 0 Å². The Morgan fingerprint density at radius 3 is 2.21 bits per heavy atom. The van der Waals surface area contributed by atoms with Crippen molar-refractivity contribution in [3.8, 4) is 5.75 Å². The smallest absolute Gasteiger partial charge is 0.324 e. The second-order valence-electron chi connectivity index (χ2n) is 9.74. The lowest BCUT2D eigenvalue weighted by Crippen LogP contribution is -2.35. The van der Waals surface area contributed by atoms with Crippen LogP contribution in [-0.4, -0.2) is 65.0 Å². The van der Waals surface area contributed by atoms with Gasteiger partial charge in [0.1, 0.15) is 18.2 Å². The Morgan fingerprint density at radius 2 is 1.63 bits per heavy atom. The molecule has 1 unspecified atom stereocenters. The quantitative estimate of drug-likeness (QED) is 0.462. The minimum absolute atomic E-state index is 0.141. The van der Waals surface area contributed by atoms with Crippen LogP contribution in [0, 0.1) is 17.6 Å². The number of halogens is 2. The van der Waals surface area contributed by atoms with Gasteiger partial charge in [0.15, 0.2) is 11.6 Å². The van der Waals surface area contributed by atoms with Gasteiger partial charge in [-0.2, -0.15) is 4.98 Å². The topological polar surface area (TPSA) is 116 Å². The van der Waals surface area contributed by atoms with E-state index in [1.807, 2.05) is 13.8 Å². The summed E-state index contributed by atoms with van der Waals surface area (Å²) >= 11 is 0. The van der Waals surface area contributed by atoms with Crippen molar-refractivity contribution in [3.05, 3.63) is 54.1 Å². The molecule has 0 bridgehead atoms. The molecule has 2 aromatic heterocycles. The number of rotatable bonds is 8. The third-order valence-electron chi connectivity index (χ3n) is 6.30. The van der Waals surface area contributed by atoms with Crippen LogP contribution < -0.4 is 20.3 Å². The van der Waals surface area contributed by atoms with Crippen LogP contribution in [0.5, 0.6) is 5.75 Å². The van der Waals surface area contributed by atoms with Gasteiger partial charge in [-0.25, -0.2) is 18.7 Å². The van der Waals surface area contributed by atoms with Gasteiger partial charge in [-0.15, -0.1) is 0 Å². The summed E-state index contributed by atoms with van der Waals surface area (Å²) in [4.78, 5) is 17.5. The van der Waals surface area contributed by atoms with Gasteiger partial charge in [0.2, 0.25) is 5.95 Å². The van der Waals surface area contributed by atoms with Crippen LogP contribution in [0.1, 0.15) is 38.9 Å². The van der Waals surface area contributed by atoms with E-state index >= 15 is 0 Å². The molecule has 10 nitrogen and oxygen atoms in total. The summed E-state index contributed by atoms with van der Waals surface area (Å²) in [6, 6.07) is 5.10. The number of aromatic nitrogens is 4. The monoisotopic (exact) mass is 531 g/mol. The highest BCUT2D eigenvalue weighted by Crippen LogP contribution is 2.23. The molecule has 2 saturated heterocycles. The maximum atomic E-state index is 11.9. The van der Waals surface area contributed by atoms with E-state index in [1.165, 1.54) is 0 Å². The fourth-order valence-electron chi connectivity index (χ4n) is 4.12. The molecule has 12 heteroatoms. The summed E-state index contributed by atoms with van der Waals surface area (Å²) < 4.78 is 40.7. The number of ether oxygens (including phenoxy) is 2. The third-order valence-corrected chi connectivity index (χ3v) is 6.30. The number of nitrogens with zero attached hydrogens (tertiary/aromatic N) is 6. The van der Waals surface area contributed by atoms with Gasteiger partial charge >= 0.3 is 6.01 Å². The summed E-state index contributed by atoms with van der Waals surface area (Å²) in [6.45, 7) is 8.45. The van der Waals surface area contributed by atoms with Gasteiger partial charge in [0.05, 0.1) is 25.1 Å². The normalized spacial score (nSPS) is 18.0. The first-order valence-electron chi connectivity index (χ1n) is 12.9. The summed E-state index contributed by atoms with van der Waals surface area (Å²) in [5.74, 6) is 1.67. The first-order valence-corrected chi connectivity index (χ1v) is 12.9. The zero-order valence-corrected chi connectivity index (χ0v) is 21.8. The molecule has 38 heavy (non-hydrogen) atoms. The number of anilines is 2. The molecule has 2 N–H and O–H groups in total. The second kappa shape index (κ2) is 13.4. The number of benzene rings is 1. The van der Waals surface area contributed by atoms with Crippen molar-refractivity contribution < 1.29 is 22.8 Å². The molecular weight excluding hydrogens is 496 g/mol. The molecule has 5 rings (SSSR count). The van der Waals surface area contributed by atoms with E-state index in [1.54, 1.807) is 12.4 Å². The van der Waals surface area contributed by atoms with Crippen molar-refractivity contribution in [1.29, 1.82) is 0 Å². The van der Waals surface area contributed by atoms with E-state index in [9.17, 15) is 8.78 Å². The number of hydrogen-bond acceptors (Lipinski definition) is 10. The molecule has 2 fully saturated rings. The average molecular weight is 532 g/mol. The van der Waals surface area contributed by atoms with Gasteiger partial charge in [-0.1, -0.05) is 5.16 Å². The van der Waals surface area contributed by atoms with Gasteiger partial charge in [-0.3, -0.25) is 0 Å². The standard InChI is InChI=1S/C20H31N7O3.C6H4F2/c1-14(2)28-13-18-24-20(30-25-18)26-6-3-15(4-7-26)12-29-17-9-22-19(23-10-17)27-8-5-16(21)11-27;7-5-1-2-6(8)4-3-5/h9-10,14-16H,3-8,11-13,21H2,1-2H3;1-4H. The zero-order valence-electron chi connectivity index (χ0n) is 21.8. The highest BCUT2D eigenvalue weighted by molar-refractivity contribution is 5.33. The molecule has 0 saturated carbocycles. The minimum atomic E-state index is -0.411. The van der Waals surface area contributed by atoms with Crippen LogP contribution in [0.4, 0.5) is 20.7 Å². The van der Waals surface area contributed by atoms with Crippen LogP contribution in [0.2, 0.25) is 0 Å². The van der Waals surface area contributed by atoms with Crippen LogP contribution in [-0.2, 0) is 11.3 Å². The SMILES string of the molecule is CC(C)OCc1noc(N2CCC(COc3cnc(N4CCC(N)C4)nc3)CC2)n1.Fc1ccc(F)cc1. The molecule has 3 aromatic rings. The molecule has 206 valence electrons. The number of hydrogen-bond donors (Lipinski definition) is 1. The Morgan fingerprint density at radius 1 is 1.00 bits per heavy atom. The van der Waals surface area contributed by atoms with Gasteiger partial charge < -0.3 is 29.5 Å². The Bertz CT molecular complexity index is 1090. The van der Waals surface area contributed by atoms with E-state index in [4.69, 9.17) is 19.7 Å². The van der Waals surface area contributed by atoms with Crippen molar-refractivity contribution in [2.75, 3.05) is 42.6 Å². The molecule has 0 radical (unpaired) electrons. The first kappa shape index (κ1) is 27.6. The summed E-state index contributed by atoms with van der Waals surface area (Å²) in [5, 5.41) is 4.00. The maximum Gasteiger partial charge on any atom is 0.324 e. The Hall–Kier alpha value is -3.38. The Labute approximate surface area is 221 Å². The van der Waals surface area contributed by atoms with Gasteiger partial charge in [0, 0.05) is 32.2 Å². The highest BCUT2D eigenvalue weighted by atomic mass is 19.1. The first-order chi connectivity index (χ1) is 18.4. The van der Waals surface area contributed by atoms with E-state index < -0.39 is 11.6 Å². The van der Waals surface area contributed by atoms with Crippen LogP contribution in [0.15, 0.2) is 41.2 Å². The van der Waals surface area contributed by atoms with E-state index in [-0.39, 0.29) is 12.1 Å². The third kappa shape index (κ3) is 8.32. The van der Waals surface area contributed by atoms with Crippen LogP contribution >= 0.6 is 0 Å². The molecule has 0 amide bonds. The second-order valence-corrected chi connectivity index (χ2v) is 9.74. The fourth-order valence-corrected chi connectivity index (χ4v) is 4.12. The molecule has 1 aromatic carbocycles. The summed E-state index contributed by atoms with van der Waals surface area (Å²) in [6.07, 6.45) is 6.64. The van der Waals surface area contributed by atoms with E-state index in [0.717, 1.165) is 75.7 Å². The Kier molecular flexibility index (Phi) is 9.77. The molecule has 0 spiro atoms. The minimum Gasteiger partial charge on any atom is -0.490 e. The predicted molar refractivity (Wildman–Crippen MR) is 138 cm³/mol. The highest BCUT2D eigenvalue weighted by Gasteiger charge is 2.24. The zero-order chi connectivity index (χ0) is 26.9. The van der Waals surface area contributed by atoms with Crippen LogP contribution in [0.3, 0.4) is 0 Å². The number of nitrogens with two attached hydrogens (primary N) is 1. The largest absolute Gasteiger partial charge is 0.490 e. The van der Waals surface area contributed by atoms with E-state index in [0.29, 0.717) is 36.7 Å². The average Bonchev–Trinajstić information content (AvgIpc) is 3.58. The lowest BCUT2D eigenvalue weighted by Gasteiger charge is -2.30. The van der Waals surface area contributed by atoms with Crippen molar-refractivity contribution in [2.24, 2.45) is 11.7 Å². The predicted octanol–water partition coefficient (Wildman–Crippen LogP) is 3.58. The number of piperidine rings is 1. The van der Waals surface area contributed by atoms with Crippen molar-refractivity contribution in [3.63, 3.8) is 0 Å². The maximum absolute atomic E-state index is 11.9. The molecule has 4 heterocycles. The molecule has 2 aliphatic heterocycles. The van der Waals surface area contributed by atoms with Crippen molar-refractivity contribution in [1.82, 2.24) is 20.1 Å². The van der Waals surface area contributed by atoms with Crippen molar-refractivity contribution in [2.45, 2.75) is 51.9 Å². The molecule has 0 aliphatic carbocycles. The van der Waals surface area contributed by atoms with Gasteiger partial charge in [-0.05, 0) is 63.3 Å². The summed E-state index contributed by atoms with van der Waals surface area (Å²) in [5.41, 5.74) is 5.95. The molecule has 1 atom stereocenters. The lowest BCUT2D eigenvalue weighted by molar-refractivity contribution is 0.0601. The van der Waals surface area contributed by atoms with Crippen molar-refractivity contribution >= 4 is 12.0 Å². The fraction of sp³-hybridized carbons (Fsp3) is 0.538. The Balaban J connectivity index is 0.000000360.